The number of hydrogen-bond donors (Lipinski definition) is 2. The van der Waals surface area contributed by atoms with Crippen LogP contribution in [0.2, 0.25) is 0 Å². The number of nitrogens with two attached hydrogens (primary N) is 1. The highest BCUT2D eigenvalue weighted by molar-refractivity contribution is 7.91. The Bertz CT molecular complexity index is 1260. The van der Waals surface area contributed by atoms with Crippen molar-refractivity contribution in [1.29, 1.82) is 0 Å². The number of benzene rings is 1. The van der Waals surface area contributed by atoms with Gasteiger partial charge in [0.2, 0.25) is 0 Å². The lowest BCUT2D eigenvalue weighted by molar-refractivity contribution is 0.0880. The van der Waals surface area contributed by atoms with Crippen LogP contribution in [-0.4, -0.2) is 45.7 Å². The first-order chi connectivity index (χ1) is 12.3. The predicted octanol–water partition coefficient (Wildman–Crippen LogP) is -0.890. The quantitative estimate of drug-likeness (QED) is 0.615. The minimum Gasteiger partial charge on any atom is -0.384 e. The van der Waals surface area contributed by atoms with E-state index in [1.165, 1.54) is 0 Å². The minimum atomic E-state index is -3.83. The molecule has 1 aliphatic rings. The van der Waals surface area contributed by atoms with Crippen LogP contribution in [0, 0.1) is 0 Å². The Kier molecular flexibility index (Phi) is 4.01. The molecule has 142 valence electrons. The molecule has 0 spiro atoms. The average molecular weight is 411 g/mol. The third kappa shape index (κ3) is 3.13. The van der Waals surface area contributed by atoms with Crippen LogP contribution in [0.5, 0.6) is 0 Å². The van der Waals surface area contributed by atoms with Crippen molar-refractivity contribution < 1.29 is 26.4 Å². The Morgan fingerprint density at radius 2 is 1.37 bits per heavy atom. The van der Waals surface area contributed by atoms with E-state index in [-0.39, 0.29) is 26.6 Å². The molecule has 0 bridgehead atoms. The molecule has 2 aromatic rings. The van der Waals surface area contributed by atoms with Crippen LogP contribution in [0.15, 0.2) is 38.9 Å². The predicted molar refractivity (Wildman–Crippen MR) is 94.5 cm³/mol. The maximum atomic E-state index is 12.5. The van der Waals surface area contributed by atoms with E-state index in [4.69, 9.17) is 5.73 Å². The van der Waals surface area contributed by atoms with Crippen molar-refractivity contribution in [3.63, 3.8) is 0 Å². The van der Waals surface area contributed by atoms with Gasteiger partial charge in [-0.3, -0.25) is 24.3 Å². The summed E-state index contributed by atoms with van der Waals surface area (Å²) >= 11 is 0. The third-order valence-corrected chi connectivity index (χ3v) is 6.12. The van der Waals surface area contributed by atoms with E-state index in [9.17, 15) is 31.2 Å². The number of hydrogen-bond acceptors (Lipinski definition) is 8. The Morgan fingerprint density at radius 1 is 0.852 bits per heavy atom. The van der Waals surface area contributed by atoms with Gasteiger partial charge in [0, 0.05) is 18.6 Å². The second kappa shape index (κ2) is 5.76. The van der Waals surface area contributed by atoms with Crippen molar-refractivity contribution in [3.05, 3.63) is 45.7 Å². The molecule has 0 fully saturated rings. The highest BCUT2D eigenvalue weighted by Gasteiger charge is 2.32. The van der Waals surface area contributed by atoms with Crippen LogP contribution < -0.4 is 16.6 Å². The summed E-state index contributed by atoms with van der Waals surface area (Å²) in [4.78, 5) is 35.4. The second-order valence-electron chi connectivity index (χ2n) is 5.98. The van der Waals surface area contributed by atoms with Crippen LogP contribution in [0.1, 0.15) is 20.7 Å². The Hall–Kier alpha value is -2.99. The fraction of sp³-hybridized carbons (Fsp3) is 0.133. The zero-order valence-corrected chi connectivity index (χ0v) is 15.6. The van der Waals surface area contributed by atoms with E-state index in [1.54, 1.807) is 0 Å². The van der Waals surface area contributed by atoms with Crippen LogP contribution in [-0.2, 0) is 19.7 Å². The van der Waals surface area contributed by atoms with Crippen molar-refractivity contribution in [1.82, 2.24) is 9.88 Å². The maximum absolute atomic E-state index is 12.5. The number of nitrogen functional groups attached to an aromatic ring is 1. The fourth-order valence-corrected chi connectivity index (χ4v) is 4.09. The third-order valence-electron chi connectivity index (χ3n) is 3.93. The Balaban J connectivity index is 2.43. The van der Waals surface area contributed by atoms with Gasteiger partial charge in [-0.1, -0.05) is 0 Å². The molecule has 27 heavy (non-hydrogen) atoms. The Morgan fingerprint density at radius 3 is 1.85 bits per heavy atom. The van der Waals surface area contributed by atoms with Crippen molar-refractivity contribution in [2.45, 2.75) is 9.79 Å². The molecule has 1 aliphatic heterocycles. The number of pyridine rings is 1. The lowest BCUT2D eigenvalue weighted by atomic mass is 10.1. The summed E-state index contributed by atoms with van der Waals surface area (Å²) in [5, 5.41) is 2.00. The van der Waals surface area contributed by atoms with Crippen molar-refractivity contribution in [3.8, 4) is 5.69 Å². The largest absolute Gasteiger partial charge is 0.384 e. The van der Waals surface area contributed by atoms with Crippen LogP contribution in [0.25, 0.3) is 5.69 Å². The highest BCUT2D eigenvalue weighted by Crippen LogP contribution is 2.26. The number of nitrogens with zero attached hydrogens (tertiary/aromatic N) is 1. The first-order valence-electron chi connectivity index (χ1n) is 7.27. The van der Waals surface area contributed by atoms with E-state index in [2.05, 4.69) is 0 Å². The molecule has 2 amide bonds. The van der Waals surface area contributed by atoms with Crippen molar-refractivity contribution in [2.75, 3.05) is 18.2 Å². The fourth-order valence-electron chi connectivity index (χ4n) is 2.66. The molecule has 0 saturated heterocycles. The van der Waals surface area contributed by atoms with E-state index >= 15 is 0 Å². The molecule has 12 heteroatoms. The summed E-state index contributed by atoms with van der Waals surface area (Å²) in [6, 6.07) is 3.95. The molecule has 3 rings (SSSR count). The van der Waals surface area contributed by atoms with Gasteiger partial charge in [-0.2, -0.15) is 0 Å². The van der Waals surface area contributed by atoms with Gasteiger partial charge in [0.1, 0.15) is 5.82 Å². The standard InChI is InChI=1S/C15H13N3O7S2/c1-26(22,23)8-3-7(4-9(5-8)27(2,24)25)18-11(19)6-10-12(13(18)16)15(21)17-14(10)20/h3-6H,16H2,1-2H3,(H,17,20,21). The van der Waals surface area contributed by atoms with Gasteiger partial charge in [0.15, 0.2) is 19.7 Å². The number of carbonyl (C=O) groups is 2. The molecule has 0 aliphatic carbocycles. The Labute approximate surface area is 153 Å². The van der Waals surface area contributed by atoms with Gasteiger partial charge in [-0.05, 0) is 18.2 Å². The number of rotatable bonds is 3. The highest BCUT2D eigenvalue weighted by atomic mass is 32.2. The number of sulfone groups is 2. The molecular weight excluding hydrogens is 398 g/mol. The zero-order chi connectivity index (χ0) is 20.3. The lowest BCUT2D eigenvalue weighted by Crippen LogP contribution is -2.24. The van der Waals surface area contributed by atoms with Crippen LogP contribution in [0.3, 0.4) is 0 Å². The average Bonchev–Trinajstić information content (AvgIpc) is 2.79. The van der Waals surface area contributed by atoms with E-state index in [1.807, 2.05) is 5.32 Å². The summed E-state index contributed by atoms with van der Waals surface area (Å²) in [5.74, 6) is -2.01. The zero-order valence-electron chi connectivity index (χ0n) is 14.0. The first kappa shape index (κ1) is 18.8. The van der Waals surface area contributed by atoms with E-state index < -0.39 is 42.9 Å². The SMILES string of the molecule is CS(=O)(=O)c1cc(-n2c(N)c3c(cc2=O)C(=O)NC3=O)cc(S(C)(=O)=O)c1. The molecule has 0 radical (unpaired) electrons. The number of fused-ring (bicyclic) bond motifs is 1. The summed E-state index contributed by atoms with van der Waals surface area (Å²) in [7, 11) is -7.65. The number of carbonyl (C=O) groups excluding carboxylic acids is 2. The smallest absolute Gasteiger partial charge is 0.262 e. The number of aromatic nitrogens is 1. The van der Waals surface area contributed by atoms with Gasteiger partial charge in [0.25, 0.3) is 17.4 Å². The van der Waals surface area contributed by atoms with E-state index in [0.717, 1.165) is 41.3 Å². The monoisotopic (exact) mass is 411 g/mol. The van der Waals surface area contributed by atoms with Gasteiger partial charge in [-0.25, -0.2) is 16.8 Å². The lowest BCUT2D eigenvalue weighted by Gasteiger charge is -2.14. The van der Waals surface area contributed by atoms with Crippen molar-refractivity contribution in [2.24, 2.45) is 0 Å². The molecule has 2 heterocycles. The number of anilines is 1. The number of amides is 2. The topological polar surface area (TPSA) is 162 Å². The number of nitrogens with one attached hydrogen (secondary N) is 1. The van der Waals surface area contributed by atoms with Gasteiger partial charge in [0.05, 0.1) is 26.6 Å². The molecule has 1 aromatic carbocycles. The van der Waals surface area contributed by atoms with E-state index in [0.29, 0.717) is 0 Å². The summed E-state index contributed by atoms with van der Waals surface area (Å²) in [6.45, 7) is 0. The first-order valence-corrected chi connectivity index (χ1v) is 11.1. The summed E-state index contributed by atoms with van der Waals surface area (Å²) in [5.41, 5.74) is 4.43. The molecular formula is C15H13N3O7S2. The van der Waals surface area contributed by atoms with Crippen LogP contribution in [0.4, 0.5) is 5.82 Å². The molecule has 3 N–H and O–H groups in total. The number of imide groups is 1. The normalized spacial score (nSPS) is 14.1. The molecule has 1 aromatic heterocycles. The molecule has 10 nitrogen and oxygen atoms in total. The summed E-state index contributed by atoms with van der Waals surface area (Å²) in [6.07, 6.45) is 1.75. The molecule has 0 saturated carbocycles. The van der Waals surface area contributed by atoms with Crippen molar-refractivity contribution >= 4 is 37.3 Å². The second-order valence-corrected chi connectivity index (χ2v) is 10.0. The summed E-state index contributed by atoms with van der Waals surface area (Å²) < 4.78 is 48.5. The maximum Gasteiger partial charge on any atom is 0.262 e. The van der Waals surface area contributed by atoms with Crippen LogP contribution >= 0.6 is 0 Å². The molecule has 0 atom stereocenters. The van der Waals surface area contributed by atoms with Gasteiger partial charge < -0.3 is 5.73 Å². The minimum absolute atomic E-state index is 0.171. The van der Waals surface area contributed by atoms with Gasteiger partial charge in [-0.15, -0.1) is 0 Å². The molecule has 0 unspecified atom stereocenters. The van der Waals surface area contributed by atoms with Gasteiger partial charge >= 0.3 is 0 Å².